The lowest BCUT2D eigenvalue weighted by molar-refractivity contribution is 1.89. The second-order valence-corrected chi connectivity index (χ2v) is 2.33. The number of nitrogen functional groups attached to an aromatic ring is 1. The van der Waals surface area contributed by atoms with E-state index in [2.05, 4.69) is 0 Å². The molecule has 0 radical (unpaired) electrons. The molecule has 8 heavy (non-hydrogen) atoms. The van der Waals surface area contributed by atoms with Gasteiger partial charge in [0.25, 0.3) is 0 Å². The monoisotopic (exact) mass is 125 g/mol. The predicted molar refractivity (Wildman–Crippen MR) is 34.9 cm³/mol. The van der Waals surface area contributed by atoms with Crippen LogP contribution in [0.15, 0.2) is 12.1 Å². The largest absolute Gasteiger partial charge is 0.398 e. The highest BCUT2D eigenvalue weighted by atomic mass is 35.5. The first-order valence-corrected chi connectivity index (χ1v) is 2.76. The Labute approximate surface area is 52.1 Å². The molecule has 0 aliphatic heterocycles. The van der Waals surface area contributed by atoms with Crippen LogP contribution in [0.3, 0.4) is 0 Å². The first-order chi connectivity index (χ1) is 3.79. The quantitative estimate of drug-likeness (QED) is 0.535. The molecule has 40 valence electrons. The Morgan fingerprint density at radius 3 is 2.12 bits per heavy atom. The van der Waals surface area contributed by atoms with Crippen molar-refractivity contribution in [1.82, 2.24) is 0 Å². The van der Waals surface area contributed by atoms with Gasteiger partial charge >= 0.3 is 0 Å². The van der Waals surface area contributed by atoms with Crippen LogP contribution in [0.2, 0.25) is 5.02 Å². The molecule has 0 aromatic carbocycles. The van der Waals surface area contributed by atoms with E-state index in [-0.39, 0.29) is 0 Å². The summed E-state index contributed by atoms with van der Waals surface area (Å²) >= 11 is 5.67. The zero-order valence-electron chi connectivity index (χ0n) is 4.11. The molecule has 2 N–H and O–H groups in total. The molecule has 0 amide bonds. The van der Waals surface area contributed by atoms with Gasteiger partial charge in [-0.2, -0.15) is 0 Å². The van der Waals surface area contributed by atoms with Crippen molar-refractivity contribution in [2.75, 3.05) is 5.73 Å². The van der Waals surface area contributed by atoms with Crippen molar-refractivity contribution < 1.29 is 0 Å². The standard InChI is InChI=1S/C6H4ClN/c7-5-2-6(8)4-1-3(4)5/h1-2H,8H2. The number of hydrogen-bond donors (Lipinski definition) is 1. The molecule has 0 saturated heterocycles. The molecule has 0 bridgehead atoms. The van der Waals surface area contributed by atoms with E-state index in [1.807, 2.05) is 6.07 Å². The van der Waals surface area contributed by atoms with Gasteiger partial charge in [-0.1, -0.05) is 11.6 Å². The molecule has 0 unspecified atom stereocenters. The minimum atomic E-state index is 0.789. The average molecular weight is 126 g/mol. The molecule has 2 aliphatic rings. The molecule has 0 fully saturated rings. The van der Waals surface area contributed by atoms with Crippen molar-refractivity contribution >= 4 is 17.3 Å². The van der Waals surface area contributed by atoms with E-state index in [4.69, 9.17) is 17.3 Å². The van der Waals surface area contributed by atoms with Crippen LogP contribution in [0.5, 0.6) is 0 Å². The van der Waals surface area contributed by atoms with Crippen molar-refractivity contribution in [3.8, 4) is 11.1 Å². The third-order valence-electron chi connectivity index (χ3n) is 1.35. The van der Waals surface area contributed by atoms with E-state index in [1.54, 1.807) is 6.07 Å². The predicted octanol–water partition coefficient (Wildman–Crippen LogP) is 1.90. The van der Waals surface area contributed by atoms with Crippen LogP contribution in [0.1, 0.15) is 0 Å². The van der Waals surface area contributed by atoms with Gasteiger partial charge in [0.05, 0.1) is 5.02 Å². The van der Waals surface area contributed by atoms with E-state index in [9.17, 15) is 0 Å². The van der Waals surface area contributed by atoms with Crippen LogP contribution in [-0.2, 0) is 0 Å². The van der Waals surface area contributed by atoms with E-state index in [0.717, 1.165) is 21.8 Å². The number of benzene rings is 1. The number of hydrogen-bond acceptors (Lipinski definition) is 1. The van der Waals surface area contributed by atoms with Gasteiger partial charge in [0.15, 0.2) is 0 Å². The summed E-state index contributed by atoms with van der Waals surface area (Å²) in [4.78, 5) is 0. The maximum absolute atomic E-state index is 5.67. The molecule has 1 nitrogen and oxygen atoms in total. The molecular weight excluding hydrogens is 122 g/mol. The lowest BCUT2D eigenvalue weighted by Gasteiger charge is -1.75. The Kier molecular flexibility index (Phi) is 0.529. The summed E-state index contributed by atoms with van der Waals surface area (Å²) in [5.74, 6) is 0. The topological polar surface area (TPSA) is 26.0 Å². The number of halogens is 1. The number of fused-ring (bicyclic) bond motifs is 1. The summed E-state index contributed by atoms with van der Waals surface area (Å²) in [6.45, 7) is 0. The van der Waals surface area contributed by atoms with Gasteiger partial charge in [0, 0.05) is 16.8 Å². The van der Waals surface area contributed by atoms with Gasteiger partial charge in [0.2, 0.25) is 0 Å². The Hall–Kier alpha value is -0.690. The van der Waals surface area contributed by atoms with Crippen molar-refractivity contribution in [3.63, 3.8) is 0 Å². The number of rotatable bonds is 0. The van der Waals surface area contributed by atoms with Gasteiger partial charge in [-0.05, 0) is 12.1 Å². The van der Waals surface area contributed by atoms with Crippen molar-refractivity contribution in [3.05, 3.63) is 17.2 Å². The summed E-state index contributed by atoms with van der Waals surface area (Å²) in [5, 5.41) is 0.789. The molecule has 2 heteroatoms. The van der Waals surface area contributed by atoms with E-state index >= 15 is 0 Å². The van der Waals surface area contributed by atoms with Crippen LogP contribution < -0.4 is 5.73 Å². The van der Waals surface area contributed by atoms with E-state index < -0.39 is 0 Å². The van der Waals surface area contributed by atoms with E-state index in [0.29, 0.717) is 0 Å². The second kappa shape index (κ2) is 1.00. The average Bonchev–Trinajstić information content (AvgIpc) is 2.35. The molecule has 2 rings (SSSR count). The van der Waals surface area contributed by atoms with Crippen LogP contribution in [0.4, 0.5) is 5.69 Å². The number of anilines is 1. The van der Waals surface area contributed by atoms with Gasteiger partial charge in [-0.15, -0.1) is 0 Å². The van der Waals surface area contributed by atoms with Crippen LogP contribution in [0, 0.1) is 0 Å². The normalized spacial score (nSPS) is 11.6. The zero-order valence-corrected chi connectivity index (χ0v) is 4.87. The summed E-state index contributed by atoms with van der Waals surface area (Å²) in [6, 6.07) is 3.77. The van der Waals surface area contributed by atoms with Crippen molar-refractivity contribution in [2.24, 2.45) is 0 Å². The van der Waals surface area contributed by atoms with Crippen molar-refractivity contribution in [2.45, 2.75) is 0 Å². The minimum Gasteiger partial charge on any atom is -0.398 e. The molecule has 0 aromatic rings. The van der Waals surface area contributed by atoms with Gasteiger partial charge < -0.3 is 5.73 Å². The molecule has 0 aromatic heterocycles. The molecular formula is C6H4ClN. The first-order valence-electron chi connectivity index (χ1n) is 2.38. The fraction of sp³-hybridized carbons (Fsp3) is 0. The summed E-state index contributed by atoms with van der Waals surface area (Å²) in [5.41, 5.74) is 8.55. The fourth-order valence-corrected chi connectivity index (χ4v) is 1.11. The van der Waals surface area contributed by atoms with Crippen molar-refractivity contribution in [1.29, 1.82) is 0 Å². The van der Waals surface area contributed by atoms with Gasteiger partial charge in [-0.3, -0.25) is 0 Å². The number of nitrogens with two attached hydrogens (primary N) is 1. The van der Waals surface area contributed by atoms with Crippen LogP contribution in [0.25, 0.3) is 11.1 Å². The maximum atomic E-state index is 5.67. The maximum Gasteiger partial charge on any atom is 0.0506 e. The fourth-order valence-electron chi connectivity index (χ4n) is 0.837. The molecule has 2 aliphatic carbocycles. The SMILES string of the molecule is Nc1cc(Cl)c2cc1-2. The Balaban J connectivity index is 2.72. The molecule has 0 heterocycles. The lowest BCUT2D eigenvalue weighted by atomic mass is 10.5. The summed E-state index contributed by atoms with van der Waals surface area (Å²) in [6.07, 6.45) is 0. The second-order valence-electron chi connectivity index (χ2n) is 1.92. The lowest BCUT2D eigenvalue weighted by Crippen LogP contribution is -1.76. The summed E-state index contributed by atoms with van der Waals surface area (Å²) < 4.78 is 0. The van der Waals surface area contributed by atoms with Gasteiger partial charge in [-0.25, -0.2) is 0 Å². The molecule has 0 spiro atoms. The van der Waals surface area contributed by atoms with E-state index in [1.165, 1.54) is 0 Å². The Morgan fingerprint density at radius 2 is 2.00 bits per heavy atom. The highest BCUT2D eigenvalue weighted by Gasteiger charge is 2.20. The Morgan fingerprint density at radius 1 is 1.25 bits per heavy atom. The highest BCUT2D eigenvalue weighted by Crippen LogP contribution is 2.46. The Bertz CT molecular complexity index is 232. The third-order valence-corrected chi connectivity index (χ3v) is 1.66. The summed E-state index contributed by atoms with van der Waals surface area (Å²) in [7, 11) is 0. The first kappa shape index (κ1) is 4.21. The minimum absolute atomic E-state index is 0.789. The van der Waals surface area contributed by atoms with Crippen LogP contribution in [-0.4, -0.2) is 0 Å². The smallest absolute Gasteiger partial charge is 0.0506 e. The highest BCUT2D eigenvalue weighted by molar-refractivity contribution is 6.36. The molecule has 0 saturated carbocycles. The molecule has 0 atom stereocenters. The van der Waals surface area contributed by atoms with Gasteiger partial charge in [0.1, 0.15) is 0 Å². The third kappa shape index (κ3) is 0.329. The zero-order chi connectivity index (χ0) is 5.72. The van der Waals surface area contributed by atoms with Crippen LogP contribution >= 0.6 is 11.6 Å².